The van der Waals surface area contributed by atoms with Gasteiger partial charge in [-0.25, -0.2) is 29.3 Å². The SMILES string of the molecule is CCN(C(=O)c1cc(F)cnc1-c1ncccn1)[C@@H](C)COc1cnc(C(C)(F)F)cn1. The van der Waals surface area contributed by atoms with Gasteiger partial charge >= 0.3 is 0 Å². The van der Waals surface area contributed by atoms with Crippen molar-refractivity contribution in [2.75, 3.05) is 13.2 Å². The molecule has 0 fully saturated rings. The van der Waals surface area contributed by atoms with Crippen molar-refractivity contribution in [3.63, 3.8) is 0 Å². The Morgan fingerprint density at radius 3 is 2.44 bits per heavy atom. The van der Waals surface area contributed by atoms with Crippen molar-refractivity contribution in [1.29, 1.82) is 0 Å². The zero-order chi connectivity index (χ0) is 23.3. The predicted molar refractivity (Wildman–Crippen MR) is 108 cm³/mol. The highest BCUT2D eigenvalue weighted by atomic mass is 19.3. The second kappa shape index (κ2) is 9.67. The highest BCUT2D eigenvalue weighted by molar-refractivity contribution is 5.99. The van der Waals surface area contributed by atoms with Crippen molar-refractivity contribution in [2.24, 2.45) is 0 Å². The number of carbonyl (C=O) groups excluding carboxylic acids is 1. The minimum atomic E-state index is -3.11. The summed E-state index contributed by atoms with van der Waals surface area (Å²) in [5.74, 6) is -4.03. The molecule has 0 aliphatic carbocycles. The fraction of sp³-hybridized carbons (Fsp3) is 0.333. The Morgan fingerprint density at radius 2 is 1.84 bits per heavy atom. The van der Waals surface area contributed by atoms with Crippen LogP contribution in [0.4, 0.5) is 13.2 Å². The van der Waals surface area contributed by atoms with Gasteiger partial charge in [0.05, 0.1) is 30.2 Å². The van der Waals surface area contributed by atoms with E-state index in [4.69, 9.17) is 4.74 Å². The molecule has 0 spiro atoms. The normalized spacial score (nSPS) is 12.3. The molecule has 11 heteroatoms. The topological polar surface area (TPSA) is 94.0 Å². The molecule has 0 saturated carbocycles. The van der Waals surface area contributed by atoms with Crippen LogP contribution in [0, 0.1) is 5.82 Å². The number of aromatic nitrogens is 5. The van der Waals surface area contributed by atoms with Gasteiger partial charge in [0, 0.05) is 25.9 Å². The number of likely N-dealkylation sites (N-methyl/N-ethyl adjacent to an activating group) is 1. The van der Waals surface area contributed by atoms with Crippen LogP contribution in [-0.4, -0.2) is 54.9 Å². The molecule has 3 aromatic heterocycles. The van der Waals surface area contributed by atoms with Crippen LogP contribution in [-0.2, 0) is 5.92 Å². The summed E-state index contributed by atoms with van der Waals surface area (Å²) in [6.07, 6.45) is 6.02. The first-order chi connectivity index (χ1) is 15.2. The summed E-state index contributed by atoms with van der Waals surface area (Å²) in [4.78, 5) is 34.4. The number of carbonyl (C=O) groups is 1. The molecule has 1 amide bonds. The van der Waals surface area contributed by atoms with E-state index in [0.717, 1.165) is 31.6 Å². The van der Waals surface area contributed by atoms with Crippen LogP contribution in [0.25, 0.3) is 11.5 Å². The van der Waals surface area contributed by atoms with E-state index in [-0.39, 0.29) is 29.6 Å². The zero-order valence-electron chi connectivity index (χ0n) is 17.7. The number of pyridine rings is 1. The molecular formula is C21H21F3N6O2. The second-order valence-electron chi connectivity index (χ2n) is 7.00. The molecule has 1 atom stereocenters. The van der Waals surface area contributed by atoms with E-state index >= 15 is 0 Å². The second-order valence-corrected chi connectivity index (χ2v) is 7.00. The first kappa shape index (κ1) is 23.0. The third-order valence-electron chi connectivity index (χ3n) is 4.55. The molecule has 0 bridgehead atoms. The standard InChI is InChI=1S/C21H21F3N6O2/c1-4-30(13(2)12-32-17-11-27-16(10-28-17)21(3,23)24)20(31)15-8-14(22)9-29-18(15)19-25-6-5-7-26-19/h5-11,13H,4,12H2,1-3H3/t13-/m0/s1. The molecule has 0 aliphatic heterocycles. The molecule has 168 valence electrons. The lowest BCUT2D eigenvalue weighted by Gasteiger charge is -2.28. The highest BCUT2D eigenvalue weighted by Crippen LogP contribution is 2.25. The summed E-state index contributed by atoms with van der Waals surface area (Å²) in [7, 11) is 0. The molecule has 32 heavy (non-hydrogen) atoms. The van der Waals surface area contributed by atoms with Crippen LogP contribution in [0.3, 0.4) is 0 Å². The number of alkyl halides is 2. The van der Waals surface area contributed by atoms with E-state index in [1.807, 2.05) is 0 Å². The fourth-order valence-corrected chi connectivity index (χ4v) is 2.93. The third kappa shape index (κ3) is 5.34. The highest BCUT2D eigenvalue weighted by Gasteiger charge is 2.27. The van der Waals surface area contributed by atoms with Gasteiger partial charge in [-0.3, -0.25) is 4.79 Å². The number of hydrogen-bond donors (Lipinski definition) is 0. The Kier molecular flexibility index (Phi) is 6.96. The quantitative estimate of drug-likeness (QED) is 0.523. The van der Waals surface area contributed by atoms with E-state index in [1.54, 1.807) is 19.9 Å². The Bertz CT molecular complexity index is 1060. The Labute approximate surface area is 182 Å². The lowest BCUT2D eigenvalue weighted by Crippen LogP contribution is -2.42. The van der Waals surface area contributed by atoms with Gasteiger partial charge in [0.15, 0.2) is 5.82 Å². The van der Waals surface area contributed by atoms with Crippen LogP contribution < -0.4 is 4.74 Å². The van der Waals surface area contributed by atoms with Crippen molar-refractivity contribution in [3.8, 4) is 17.4 Å². The van der Waals surface area contributed by atoms with Gasteiger partial charge in [0.25, 0.3) is 11.8 Å². The molecule has 3 heterocycles. The molecule has 3 rings (SSSR count). The van der Waals surface area contributed by atoms with Gasteiger partial charge in [0.1, 0.15) is 23.8 Å². The van der Waals surface area contributed by atoms with E-state index < -0.39 is 29.4 Å². The summed E-state index contributed by atoms with van der Waals surface area (Å²) in [5, 5.41) is 0. The number of halogens is 3. The molecule has 0 aliphatic rings. The van der Waals surface area contributed by atoms with Crippen LogP contribution in [0.1, 0.15) is 36.8 Å². The third-order valence-corrected chi connectivity index (χ3v) is 4.55. The molecule has 0 unspecified atom stereocenters. The van der Waals surface area contributed by atoms with Crippen molar-refractivity contribution in [3.05, 3.63) is 60.2 Å². The monoisotopic (exact) mass is 446 g/mol. The van der Waals surface area contributed by atoms with Crippen molar-refractivity contribution < 1.29 is 22.7 Å². The van der Waals surface area contributed by atoms with E-state index in [0.29, 0.717) is 6.54 Å². The van der Waals surface area contributed by atoms with Gasteiger partial charge in [-0.05, 0) is 26.0 Å². The van der Waals surface area contributed by atoms with Gasteiger partial charge in [0.2, 0.25) is 5.88 Å². The number of hydrogen-bond acceptors (Lipinski definition) is 7. The van der Waals surface area contributed by atoms with Gasteiger partial charge < -0.3 is 9.64 Å². The summed E-state index contributed by atoms with van der Waals surface area (Å²) >= 11 is 0. The largest absolute Gasteiger partial charge is 0.474 e. The molecule has 3 aromatic rings. The first-order valence-corrected chi connectivity index (χ1v) is 9.77. The molecule has 0 radical (unpaired) electrons. The summed E-state index contributed by atoms with van der Waals surface area (Å²) in [6.45, 7) is 4.52. The number of nitrogens with zero attached hydrogens (tertiary/aromatic N) is 6. The van der Waals surface area contributed by atoms with Crippen LogP contribution in [0.15, 0.2) is 43.1 Å². The summed E-state index contributed by atoms with van der Waals surface area (Å²) in [6, 6.07) is 2.24. The van der Waals surface area contributed by atoms with E-state index in [9.17, 15) is 18.0 Å². The minimum Gasteiger partial charge on any atom is -0.474 e. The average Bonchev–Trinajstić information content (AvgIpc) is 2.78. The van der Waals surface area contributed by atoms with Crippen molar-refractivity contribution in [2.45, 2.75) is 32.7 Å². The van der Waals surface area contributed by atoms with Gasteiger partial charge in [-0.15, -0.1) is 0 Å². The van der Waals surface area contributed by atoms with Crippen LogP contribution >= 0.6 is 0 Å². The van der Waals surface area contributed by atoms with Gasteiger partial charge in [-0.1, -0.05) is 0 Å². The summed E-state index contributed by atoms with van der Waals surface area (Å²) < 4.78 is 45.9. The smallest absolute Gasteiger partial charge is 0.288 e. The van der Waals surface area contributed by atoms with E-state index in [2.05, 4.69) is 24.9 Å². The lowest BCUT2D eigenvalue weighted by atomic mass is 10.1. The lowest BCUT2D eigenvalue weighted by molar-refractivity contribution is 0.0121. The molecule has 0 saturated heterocycles. The fourth-order valence-electron chi connectivity index (χ4n) is 2.93. The van der Waals surface area contributed by atoms with Gasteiger partial charge in [-0.2, -0.15) is 8.78 Å². The van der Waals surface area contributed by atoms with E-state index in [1.165, 1.54) is 17.3 Å². The molecule has 8 nitrogen and oxygen atoms in total. The maximum atomic E-state index is 13.9. The maximum absolute atomic E-state index is 13.9. The number of rotatable bonds is 8. The summed E-state index contributed by atoms with van der Waals surface area (Å²) in [5.41, 5.74) is -0.303. The predicted octanol–water partition coefficient (Wildman–Crippen LogP) is 3.51. The molecule has 0 N–H and O–H groups in total. The van der Waals surface area contributed by atoms with Crippen LogP contribution in [0.5, 0.6) is 5.88 Å². The zero-order valence-corrected chi connectivity index (χ0v) is 17.7. The van der Waals surface area contributed by atoms with Crippen molar-refractivity contribution >= 4 is 5.91 Å². The number of ether oxygens (including phenoxy) is 1. The Balaban J connectivity index is 1.77. The Hall–Kier alpha value is -3.63. The maximum Gasteiger partial charge on any atom is 0.288 e. The average molecular weight is 446 g/mol. The molecular weight excluding hydrogens is 425 g/mol. The van der Waals surface area contributed by atoms with Crippen molar-refractivity contribution in [1.82, 2.24) is 29.8 Å². The number of amides is 1. The van der Waals surface area contributed by atoms with Crippen LogP contribution in [0.2, 0.25) is 0 Å². The molecule has 0 aromatic carbocycles. The minimum absolute atomic E-state index is 0.00996. The Morgan fingerprint density at radius 1 is 1.12 bits per heavy atom. The first-order valence-electron chi connectivity index (χ1n) is 9.77.